The Morgan fingerprint density at radius 2 is 2.12 bits per heavy atom. The van der Waals surface area contributed by atoms with Gasteiger partial charge < -0.3 is 14.7 Å². The fourth-order valence-electron chi connectivity index (χ4n) is 3.06. The van der Waals surface area contributed by atoms with E-state index in [9.17, 15) is 5.11 Å². The Bertz CT molecular complexity index is 690. The first-order valence-corrected chi connectivity index (χ1v) is 8.68. The van der Waals surface area contributed by atoms with Crippen molar-refractivity contribution < 1.29 is 9.84 Å². The molecule has 1 unspecified atom stereocenters. The van der Waals surface area contributed by atoms with Crippen molar-refractivity contribution in [1.82, 2.24) is 9.97 Å². The Hall–Kier alpha value is -2.14. The summed E-state index contributed by atoms with van der Waals surface area (Å²) in [5.74, 6) is 1.68. The zero-order valence-electron chi connectivity index (χ0n) is 14.4. The van der Waals surface area contributed by atoms with Crippen LogP contribution in [0.25, 0.3) is 11.4 Å². The van der Waals surface area contributed by atoms with E-state index in [1.165, 1.54) is 0 Å². The van der Waals surface area contributed by atoms with Crippen molar-refractivity contribution in [3.8, 4) is 17.1 Å². The van der Waals surface area contributed by atoms with Crippen molar-refractivity contribution in [3.05, 3.63) is 36.0 Å². The summed E-state index contributed by atoms with van der Waals surface area (Å²) in [7, 11) is 0. The van der Waals surface area contributed by atoms with E-state index >= 15 is 0 Å². The summed E-state index contributed by atoms with van der Waals surface area (Å²) in [5.41, 5.74) is 1.56. The number of aromatic hydroxyl groups is 1. The van der Waals surface area contributed by atoms with E-state index in [2.05, 4.69) is 16.8 Å². The Morgan fingerprint density at radius 1 is 1.29 bits per heavy atom. The van der Waals surface area contributed by atoms with E-state index in [0.29, 0.717) is 11.4 Å². The van der Waals surface area contributed by atoms with Gasteiger partial charge in [-0.1, -0.05) is 19.1 Å². The normalized spacial score (nSPS) is 17.9. The average Bonchev–Trinajstić information content (AvgIpc) is 2.60. The molecule has 2 heterocycles. The molecule has 1 aromatic heterocycles. The number of benzene rings is 1. The van der Waals surface area contributed by atoms with Gasteiger partial charge in [0.2, 0.25) is 0 Å². The summed E-state index contributed by atoms with van der Waals surface area (Å²) in [6, 6.07) is 9.20. The molecule has 1 saturated heterocycles. The van der Waals surface area contributed by atoms with Crippen LogP contribution in [0, 0.1) is 6.92 Å². The molecule has 5 nitrogen and oxygen atoms in total. The predicted molar refractivity (Wildman–Crippen MR) is 95.3 cm³/mol. The van der Waals surface area contributed by atoms with Crippen LogP contribution in [-0.4, -0.2) is 40.9 Å². The molecule has 128 valence electrons. The van der Waals surface area contributed by atoms with Gasteiger partial charge in [0.05, 0.1) is 11.7 Å². The van der Waals surface area contributed by atoms with Gasteiger partial charge in [-0.15, -0.1) is 0 Å². The van der Waals surface area contributed by atoms with Crippen LogP contribution in [0.15, 0.2) is 30.3 Å². The number of phenolic OH excluding ortho intramolecular Hbond substituents is 1. The van der Waals surface area contributed by atoms with Crippen molar-refractivity contribution >= 4 is 5.82 Å². The molecule has 0 spiro atoms. The molecule has 1 aliphatic rings. The summed E-state index contributed by atoms with van der Waals surface area (Å²) in [6.07, 6.45) is 3.51. The predicted octanol–water partition coefficient (Wildman–Crippen LogP) is 3.55. The lowest BCUT2D eigenvalue weighted by Crippen LogP contribution is -2.40. The number of nitrogens with zero attached hydrogens (tertiary/aromatic N) is 3. The van der Waals surface area contributed by atoms with Crippen molar-refractivity contribution in [1.29, 1.82) is 0 Å². The number of hydrogen-bond donors (Lipinski definition) is 1. The number of hydrogen-bond acceptors (Lipinski definition) is 5. The SMILES string of the molecule is CCCOC1CCCN(c2cc(C)nc(-c3ccccc3O)n2)C1. The van der Waals surface area contributed by atoms with Crippen LogP contribution < -0.4 is 4.90 Å². The number of para-hydroxylation sites is 1. The highest BCUT2D eigenvalue weighted by Gasteiger charge is 2.22. The Balaban J connectivity index is 1.85. The van der Waals surface area contributed by atoms with Crippen molar-refractivity contribution in [3.63, 3.8) is 0 Å². The summed E-state index contributed by atoms with van der Waals surface area (Å²) in [6.45, 7) is 6.74. The summed E-state index contributed by atoms with van der Waals surface area (Å²) >= 11 is 0. The van der Waals surface area contributed by atoms with Crippen molar-refractivity contribution in [2.45, 2.75) is 39.2 Å². The molecule has 1 fully saturated rings. The number of aryl methyl sites for hydroxylation is 1. The van der Waals surface area contributed by atoms with Gasteiger partial charge in [-0.2, -0.15) is 0 Å². The molecule has 0 radical (unpaired) electrons. The van der Waals surface area contributed by atoms with Gasteiger partial charge in [-0.3, -0.25) is 0 Å². The second-order valence-corrected chi connectivity index (χ2v) is 6.29. The van der Waals surface area contributed by atoms with Crippen LogP contribution in [0.2, 0.25) is 0 Å². The monoisotopic (exact) mass is 327 g/mol. The lowest BCUT2D eigenvalue weighted by atomic mass is 10.1. The van der Waals surface area contributed by atoms with Crippen LogP contribution in [0.5, 0.6) is 5.75 Å². The van der Waals surface area contributed by atoms with Crippen LogP contribution in [-0.2, 0) is 4.74 Å². The summed E-state index contributed by atoms with van der Waals surface area (Å²) in [5, 5.41) is 10.1. The number of rotatable bonds is 5. The lowest BCUT2D eigenvalue weighted by Gasteiger charge is -2.33. The number of piperidine rings is 1. The molecular formula is C19H25N3O2. The second-order valence-electron chi connectivity index (χ2n) is 6.29. The first-order valence-electron chi connectivity index (χ1n) is 8.68. The quantitative estimate of drug-likeness (QED) is 0.910. The van der Waals surface area contributed by atoms with Gasteiger partial charge in [0.1, 0.15) is 11.6 Å². The Labute approximate surface area is 143 Å². The fourth-order valence-corrected chi connectivity index (χ4v) is 3.06. The van der Waals surface area contributed by atoms with Gasteiger partial charge in [-0.05, 0) is 38.3 Å². The molecule has 1 aliphatic heterocycles. The second kappa shape index (κ2) is 7.62. The highest BCUT2D eigenvalue weighted by Crippen LogP contribution is 2.28. The molecule has 2 aromatic rings. The van der Waals surface area contributed by atoms with E-state index in [1.54, 1.807) is 12.1 Å². The highest BCUT2D eigenvalue weighted by atomic mass is 16.5. The Kier molecular flexibility index (Phi) is 5.30. The first-order chi connectivity index (χ1) is 11.7. The first kappa shape index (κ1) is 16.7. The third kappa shape index (κ3) is 3.85. The number of anilines is 1. The maximum absolute atomic E-state index is 10.1. The maximum Gasteiger partial charge on any atom is 0.165 e. The van der Waals surface area contributed by atoms with E-state index in [1.807, 2.05) is 25.1 Å². The van der Waals surface area contributed by atoms with Crippen LogP contribution in [0.1, 0.15) is 31.9 Å². The van der Waals surface area contributed by atoms with E-state index in [4.69, 9.17) is 9.72 Å². The number of phenols is 1. The van der Waals surface area contributed by atoms with E-state index in [-0.39, 0.29) is 11.9 Å². The minimum absolute atomic E-state index is 0.205. The zero-order valence-corrected chi connectivity index (χ0v) is 14.4. The molecule has 0 aliphatic carbocycles. The molecule has 0 saturated carbocycles. The van der Waals surface area contributed by atoms with Gasteiger partial charge in [0.15, 0.2) is 5.82 Å². The largest absolute Gasteiger partial charge is 0.507 e. The molecule has 1 N–H and O–H groups in total. The van der Waals surface area contributed by atoms with Gasteiger partial charge in [0, 0.05) is 31.5 Å². The van der Waals surface area contributed by atoms with E-state index in [0.717, 1.165) is 50.5 Å². The number of ether oxygens (including phenoxy) is 1. The molecule has 5 heteroatoms. The third-order valence-electron chi connectivity index (χ3n) is 4.25. The smallest absolute Gasteiger partial charge is 0.165 e. The van der Waals surface area contributed by atoms with E-state index < -0.39 is 0 Å². The molecule has 3 rings (SSSR count). The van der Waals surface area contributed by atoms with Crippen LogP contribution >= 0.6 is 0 Å². The van der Waals surface area contributed by atoms with Gasteiger partial charge >= 0.3 is 0 Å². The molecule has 0 bridgehead atoms. The Morgan fingerprint density at radius 3 is 2.92 bits per heavy atom. The molecular weight excluding hydrogens is 302 g/mol. The topological polar surface area (TPSA) is 58.5 Å². The van der Waals surface area contributed by atoms with Crippen LogP contribution in [0.4, 0.5) is 5.82 Å². The lowest BCUT2D eigenvalue weighted by molar-refractivity contribution is 0.0439. The fraction of sp³-hybridized carbons (Fsp3) is 0.474. The summed E-state index contributed by atoms with van der Waals surface area (Å²) < 4.78 is 5.92. The maximum atomic E-state index is 10.1. The highest BCUT2D eigenvalue weighted by molar-refractivity contribution is 5.65. The molecule has 1 atom stereocenters. The van der Waals surface area contributed by atoms with Gasteiger partial charge in [0.25, 0.3) is 0 Å². The molecule has 0 amide bonds. The average molecular weight is 327 g/mol. The molecule has 1 aromatic carbocycles. The van der Waals surface area contributed by atoms with Crippen LogP contribution in [0.3, 0.4) is 0 Å². The van der Waals surface area contributed by atoms with Crippen molar-refractivity contribution in [2.24, 2.45) is 0 Å². The standard InChI is InChI=1S/C19H25N3O2/c1-3-11-24-15-7-6-10-22(13-15)18-12-14(2)20-19(21-18)16-8-4-5-9-17(16)23/h4-5,8-9,12,15,23H,3,6-7,10-11,13H2,1-2H3. The zero-order chi connectivity index (χ0) is 16.9. The molecule has 24 heavy (non-hydrogen) atoms. The third-order valence-corrected chi connectivity index (χ3v) is 4.25. The summed E-state index contributed by atoms with van der Waals surface area (Å²) in [4.78, 5) is 11.5. The van der Waals surface area contributed by atoms with Gasteiger partial charge in [-0.25, -0.2) is 9.97 Å². The van der Waals surface area contributed by atoms with Crippen molar-refractivity contribution in [2.75, 3.05) is 24.6 Å². The minimum atomic E-state index is 0.205. The minimum Gasteiger partial charge on any atom is -0.507 e. The number of aromatic nitrogens is 2.